The van der Waals surface area contributed by atoms with E-state index in [1.807, 2.05) is 0 Å². The SMILES string of the molecule is COc1ccc(NS(=O)(=O)c2cc([N+](=O)[O-])ccc2N/N=C/c2cnn(C)c2)cc1. The average molecular weight is 430 g/mol. The number of hydrogen-bond acceptors (Lipinski definition) is 8. The number of sulfonamides is 1. The number of nitro groups is 1. The number of hydrazone groups is 1. The van der Waals surface area contributed by atoms with Crippen molar-refractivity contribution in [1.29, 1.82) is 0 Å². The fourth-order valence-electron chi connectivity index (χ4n) is 2.49. The lowest BCUT2D eigenvalue weighted by molar-refractivity contribution is -0.385. The summed E-state index contributed by atoms with van der Waals surface area (Å²) >= 11 is 0. The Hall–Kier alpha value is -3.93. The number of anilines is 2. The number of methoxy groups -OCH3 is 1. The van der Waals surface area contributed by atoms with Crippen molar-refractivity contribution < 1.29 is 18.1 Å². The van der Waals surface area contributed by atoms with Crippen LogP contribution in [0, 0.1) is 10.1 Å². The standard InChI is InChI=1S/C18H18N6O5S/c1-23-12-13(11-20-23)10-19-21-17-8-5-15(24(25)26)9-18(17)30(27,28)22-14-3-6-16(29-2)7-4-14/h3-12,21-22H,1-2H3/b19-10+. The summed E-state index contributed by atoms with van der Waals surface area (Å²) in [5, 5.41) is 19.1. The highest BCUT2D eigenvalue weighted by Gasteiger charge is 2.22. The van der Waals surface area contributed by atoms with Gasteiger partial charge < -0.3 is 4.74 Å². The maximum Gasteiger partial charge on any atom is 0.270 e. The van der Waals surface area contributed by atoms with E-state index >= 15 is 0 Å². The third-order valence-electron chi connectivity index (χ3n) is 3.93. The maximum absolute atomic E-state index is 12.9. The van der Waals surface area contributed by atoms with Gasteiger partial charge in [0.05, 0.1) is 30.1 Å². The smallest absolute Gasteiger partial charge is 0.270 e. The van der Waals surface area contributed by atoms with E-state index in [2.05, 4.69) is 20.3 Å². The van der Waals surface area contributed by atoms with Crippen LogP contribution in [0.15, 0.2) is 64.9 Å². The summed E-state index contributed by atoms with van der Waals surface area (Å²) in [5.41, 5.74) is 3.28. The molecule has 0 aliphatic heterocycles. The molecule has 0 bridgehead atoms. The molecule has 156 valence electrons. The largest absolute Gasteiger partial charge is 0.497 e. The zero-order valence-electron chi connectivity index (χ0n) is 16.0. The van der Waals surface area contributed by atoms with Crippen LogP contribution in [-0.2, 0) is 17.1 Å². The molecular formula is C18H18N6O5S. The van der Waals surface area contributed by atoms with Crippen molar-refractivity contribution in [1.82, 2.24) is 9.78 Å². The van der Waals surface area contributed by atoms with Gasteiger partial charge in [0.1, 0.15) is 10.6 Å². The number of ether oxygens (including phenoxy) is 1. The highest BCUT2D eigenvalue weighted by molar-refractivity contribution is 7.92. The Balaban J connectivity index is 1.91. The van der Waals surface area contributed by atoms with Crippen molar-refractivity contribution >= 4 is 33.3 Å². The lowest BCUT2D eigenvalue weighted by atomic mass is 10.3. The summed E-state index contributed by atoms with van der Waals surface area (Å²) in [7, 11) is -0.920. The summed E-state index contributed by atoms with van der Waals surface area (Å²) in [6.45, 7) is 0. The van der Waals surface area contributed by atoms with E-state index in [0.29, 0.717) is 11.3 Å². The molecular weight excluding hydrogens is 412 g/mol. The molecule has 0 radical (unpaired) electrons. The summed E-state index contributed by atoms with van der Waals surface area (Å²) in [6.07, 6.45) is 4.73. The van der Waals surface area contributed by atoms with E-state index < -0.39 is 14.9 Å². The second-order valence-electron chi connectivity index (χ2n) is 6.09. The van der Waals surface area contributed by atoms with Crippen LogP contribution in [0.25, 0.3) is 0 Å². The number of nitrogens with zero attached hydrogens (tertiary/aromatic N) is 4. The van der Waals surface area contributed by atoms with E-state index in [-0.39, 0.29) is 22.0 Å². The van der Waals surface area contributed by atoms with Gasteiger partial charge in [0.25, 0.3) is 15.7 Å². The minimum atomic E-state index is -4.16. The highest BCUT2D eigenvalue weighted by atomic mass is 32.2. The van der Waals surface area contributed by atoms with E-state index in [4.69, 9.17) is 4.74 Å². The molecule has 0 spiro atoms. The van der Waals surface area contributed by atoms with Crippen LogP contribution >= 0.6 is 0 Å². The van der Waals surface area contributed by atoms with Crippen molar-refractivity contribution in [2.45, 2.75) is 4.90 Å². The molecule has 0 saturated carbocycles. The van der Waals surface area contributed by atoms with Gasteiger partial charge in [0.15, 0.2) is 0 Å². The number of aryl methyl sites for hydroxylation is 1. The first-order chi connectivity index (χ1) is 14.3. The van der Waals surface area contributed by atoms with Crippen LogP contribution in [-0.4, -0.2) is 36.4 Å². The van der Waals surface area contributed by atoms with E-state index in [0.717, 1.165) is 6.07 Å². The first-order valence-electron chi connectivity index (χ1n) is 8.51. The molecule has 0 aliphatic rings. The first-order valence-corrected chi connectivity index (χ1v) is 10.00. The van der Waals surface area contributed by atoms with Crippen LogP contribution in [0.5, 0.6) is 5.75 Å². The quantitative estimate of drug-likeness (QED) is 0.318. The summed E-state index contributed by atoms with van der Waals surface area (Å²) < 4.78 is 34.9. The Labute approximate surface area is 172 Å². The number of benzene rings is 2. The molecule has 0 fully saturated rings. The predicted octanol–water partition coefficient (Wildman–Crippen LogP) is 2.58. The van der Waals surface area contributed by atoms with Gasteiger partial charge in [-0.3, -0.25) is 24.9 Å². The van der Waals surface area contributed by atoms with Gasteiger partial charge in [0, 0.05) is 36.6 Å². The van der Waals surface area contributed by atoms with E-state index in [1.165, 1.54) is 37.6 Å². The number of nitro benzene ring substituents is 1. The van der Waals surface area contributed by atoms with Crippen molar-refractivity contribution in [3.05, 3.63) is 70.5 Å². The molecule has 3 aromatic rings. The van der Waals surface area contributed by atoms with Gasteiger partial charge in [-0.2, -0.15) is 10.2 Å². The van der Waals surface area contributed by atoms with Crippen LogP contribution in [0.4, 0.5) is 17.1 Å². The van der Waals surface area contributed by atoms with Crippen LogP contribution in [0.2, 0.25) is 0 Å². The zero-order valence-corrected chi connectivity index (χ0v) is 16.8. The van der Waals surface area contributed by atoms with E-state index in [1.54, 1.807) is 36.3 Å². The average Bonchev–Trinajstić information content (AvgIpc) is 3.13. The molecule has 30 heavy (non-hydrogen) atoms. The third kappa shape index (κ3) is 4.91. The Kier molecular flexibility index (Phi) is 5.97. The normalized spacial score (nSPS) is 11.4. The summed E-state index contributed by atoms with van der Waals surface area (Å²) in [5.74, 6) is 0.556. The molecule has 12 heteroatoms. The van der Waals surface area contributed by atoms with Crippen LogP contribution in [0.3, 0.4) is 0 Å². The number of rotatable bonds is 8. The number of non-ortho nitro benzene ring substituents is 1. The van der Waals surface area contributed by atoms with Crippen molar-refractivity contribution in [2.24, 2.45) is 12.1 Å². The highest BCUT2D eigenvalue weighted by Crippen LogP contribution is 2.28. The van der Waals surface area contributed by atoms with Crippen molar-refractivity contribution in [3.8, 4) is 5.75 Å². The molecule has 0 amide bonds. The molecule has 1 heterocycles. The van der Waals surface area contributed by atoms with Crippen molar-refractivity contribution in [3.63, 3.8) is 0 Å². The van der Waals surface area contributed by atoms with Gasteiger partial charge in [0.2, 0.25) is 0 Å². The minimum Gasteiger partial charge on any atom is -0.497 e. The summed E-state index contributed by atoms with van der Waals surface area (Å²) in [6, 6.07) is 9.64. The number of aromatic nitrogens is 2. The minimum absolute atomic E-state index is 0.0711. The second kappa shape index (κ2) is 8.61. The Bertz CT molecular complexity index is 1190. The van der Waals surface area contributed by atoms with Gasteiger partial charge in [-0.05, 0) is 30.3 Å². The molecule has 1 aromatic heterocycles. The maximum atomic E-state index is 12.9. The Morgan fingerprint density at radius 3 is 2.57 bits per heavy atom. The molecule has 0 aliphatic carbocycles. The number of nitrogens with one attached hydrogen (secondary N) is 2. The molecule has 0 unspecified atom stereocenters. The molecule has 0 atom stereocenters. The fourth-order valence-corrected chi connectivity index (χ4v) is 3.73. The fraction of sp³-hybridized carbons (Fsp3) is 0.111. The molecule has 11 nitrogen and oxygen atoms in total. The number of hydrogen-bond donors (Lipinski definition) is 2. The van der Waals surface area contributed by atoms with Gasteiger partial charge >= 0.3 is 0 Å². The van der Waals surface area contributed by atoms with Crippen LogP contribution in [0.1, 0.15) is 5.56 Å². The Morgan fingerprint density at radius 2 is 1.97 bits per heavy atom. The molecule has 3 rings (SSSR count). The monoisotopic (exact) mass is 430 g/mol. The van der Waals surface area contributed by atoms with Gasteiger partial charge in [-0.25, -0.2) is 8.42 Å². The van der Waals surface area contributed by atoms with Gasteiger partial charge in [-0.1, -0.05) is 0 Å². The lowest BCUT2D eigenvalue weighted by Crippen LogP contribution is -2.15. The zero-order chi connectivity index (χ0) is 21.7. The van der Waals surface area contributed by atoms with Crippen LogP contribution < -0.4 is 14.9 Å². The Morgan fingerprint density at radius 1 is 1.23 bits per heavy atom. The molecule has 2 aromatic carbocycles. The second-order valence-corrected chi connectivity index (χ2v) is 7.74. The lowest BCUT2D eigenvalue weighted by Gasteiger charge is -2.12. The van der Waals surface area contributed by atoms with Gasteiger partial charge in [-0.15, -0.1) is 0 Å². The summed E-state index contributed by atoms with van der Waals surface area (Å²) in [4.78, 5) is 10.1. The third-order valence-corrected chi connectivity index (χ3v) is 5.35. The molecule has 0 saturated heterocycles. The predicted molar refractivity (Wildman–Crippen MR) is 111 cm³/mol. The van der Waals surface area contributed by atoms with E-state index in [9.17, 15) is 18.5 Å². The first kappa shape index (κ1) is 20.8. The topological polar surface area (TPSA) is 141 Å². The van der Waals surface area contributed by atoms with Crippen molar-refractivity contribution in [2.75, 3.05) is 17.3 Å². The molecule has 2 N–H and O–H groups in total.